The zero-order valence-corrected chi connectivity index (χ0v) is 11.3. The molecule has 0 aliphatic carbocycles. The molecule has 0 aromatic heterocycles. The Morgan fingerprint density at radius 1 is 1.20 bits per heavy atom. The maximum Gasteiger partial charge on any atom is 0.260 e. The van der Waals surface area contributed by atoms with E-state index < -0.39 is 0 Å². The van der Waals surface area contributed by atoms with E-state index in [1.165, 1.54) is 5.56 Å². The molecular formula is C16H17N3O. The molecule has 2 aromatic carbocycles. The molecule has 0 bridgehead atoms. The summed E-state index contributed by atoms with van der Waals surface area (Å²) in [5.41, 5.74) is 15.3. The maximum atomic E-state index is 12.8. The quantitative estimate of drug-likeness (QED) is 0.779. The van der Waals surface area contributed by atoms with Crippen LogP contribution in [0.1, 0.15) is 22.8 Å². The van der Waals surface area contributed by atoms with Crippen LogP contribution in [0, 0.1) is 0 Å². The van der Waals surface area contributed by atoms with Gasteiger partial charge in [-0.2, -0.15) is 0 Å². The molecule has 3 rings (SSSR count). The third kappa shape index (κ3) is 1.90. The van der Waals surface area contributed by atoms with Crippen LogP contribution in [0.3, 0.4) is 0 Å². The van der Waals surface area contributed by atoms with Crippen LogP contribution in [0.25, 0.3) is 0 Å². The van der Waals surface area contributed by atoms with Crippen molar-refractivity contribution in [3.8, 4) is 0 Å². The number of hydrogen-bond donors (Lipinski definition) is 2. The lowest BCUT2D eigenvalue weighted by molar-refractivity contribution is 0.0982. The zero-order chi connectivity index (χ0) is 14.3. The zero-order valence-electron chi connectivity index (χ0n) is 11.3. The lowest BCUT2D eigenvalue weighted by Gasteiger charge is -2.23. The standard InChI is InChI=1S/C16H17N3O/c1-10-8-11-4-2-3-5-15(11)19(10)16(20)13-7-6-12(17)9-14(13)18/h2-7,9-10H,8,17-18H2,1H3. The highest BCUT2D eigenvalue weighted by atomic mass is 16.2. The van der Waals surface area contributed by atoms with E-state index in [0.717, 1.165) is 12.1 Å². The molecule has 0 saturated carbocycles. The molecule has 1 amide bonds. The fourth-order valence-corrected chi connectivity index (χ4v) is 2.78. The summed E-state index contributed by atoms with van der Waals surface area (Å²) >= 11 is 0. The number of anilines is 3. The van der Waals surface area contributed by atoms with Crippen LogP contribution >= 0.6 is 0 Å². The normalized spacial score (nSPS) is 17.1. The lowest BCUT2D eigenvalue weighted by atomic mass is 10.1. The van der Waals surface area contributed by atoms with E-state index in [9.17, 15) is 4.79 Å². The molecule has 1 heterocycles. The minimum atomic E-state index is -0.0695. The smallest absolute Gasteiger partial charge is 0.260 e. The van der Waals surface area contributed by atoms with Gasteiger partial charge in [-0.15, -0.1) is 0 Å². The highest BCUT2D eigenvalue weighted by molar-refractivity contribution is 6.11. The Hall–Kier alpha value is -2.49. The summed E-state index contributed by atoms with van der Waals surface area (Å²) in [6, 6.07) is 13.1. The molecule has 1 atom stereocenters. The van der Waals surface area contributed by atoms with Crippen molar-refractivity contribution in [3.05, 3.63) is 53.6 Å². The third-order valence-corrected chi connectivity index (χ3v) is 3.73. The highest BCUT2D eigenvalue weighted by Gasteiger charge is 2.31. The third-order valence-electron chi connectivity index (χ3n) is 3.73. The molecular weight excluding hydrogens is 250 g/mol. The number of nitrogens with two attached hydrogens (primary N) is 2. The minimum Gasteiger partial charge on any atom is -0.399 e. The van der Waals surface area contributed by atoms with Gasteiger partial charge in [0.25, 0.3) is 5.91 Å². The monoisotopic (exact) mass is 267 g/mol. The van der Waals surface area contributed by atoms with Gasteiger partial charge in [0.1, 0.15) is 0 Å². The first-order valence-electron chi connectivity index (χ1n) is 6.64. The number of carbonyl (C=O) groups excluding carboxylic acids is 1. The van der Waals surface area contributed by atoms with E-state index in [0.29, 0.717) is 16.9 Å². The molecule has 0 radical (unpaired) electrons. The van der Waals surface area contributed by atoms with Crippen LogP contribution in [-0.4, -0.2) is 11.9 Å². The Balaban J connectivity index is 2.03. The summed E-state index contributed by atoms with van der Waals surface area (Å²) in [5.74, 6) is -0.0695. The number of amides is 1. The first-order valence-corrected chi connectivity index (χ1v) is 6.64. The van der Waals surface area contributed by atoms with Crippen LogP contribution < -0.4 is 16.4 Å². The highest BCUT2D eigenvalue weighted by Crippen LogP contribution is 2.33. The lowest BCUT2D eigenvalue weighted by Crippen LogP contribution is -2.36. The molecule has 2 aromatic rings. The number of benzene rings is 2. The first-order chi connectivity index (χ1) is 9.58. The summed E-state index contributed by atoms with van der Waals surface area (Å²) in [6.07, 6.45) is 0.872. The average Bonchev–Trinajstić information content (AvgIpc) is 2.73. The van der Waals surface area contributed by atoms with E-state index >= 15 is 0 Å². The van der Waals surface area contributed by atoms with Crippen molar-refractivity contribution in [1.82, 2.24) is 0 Å². The molecule has 0 saturated heterocycles. The SMILES string of the molecule is CC1Cc2ccccc2N1C(=O)c1ccc(N)cc1N. The van der Waals surface area contributed by atoms with Gasteiger partial charge in [0.15, 0.2) is 0 Å². The first kappa shape index (κ1) is 12.5. The topological polar surface area (TPSA) is 72.3 Å². The number of carbonyl (C=O) groups is 1. The van der Waals surface area contributed by atoms with Gasteiger partial charge in [-0.1, -0.05) is 18.2 Å². The second kappa shape index (κ2) is 4.56. The van der Waals surface area contributed by atoms with Crippen LogP contribution in [-0.2, 0) is 6.42 Å². The summed E-state index contributed by atoms with van der Waals surface area (Å²) in [4.78, 5) is 14.6. The average molecular weight is 267 g/mol. The van der Waals surface area contributed by atoms with Gasteiger partial charge in [0, 0.05) is 23.1 Å². The number of rotatable bonds is 1. The van der Waals surface area contributed by atoms with Crippen molar-refractivity contribution in [1.29, 1.82) is 0 Å². The summed E-state index contributed by atoms with van der Waals surface area (Å²) in [5, 5.41) is 0. The minimum absolute atomic E-state index is 0.0695. The predicted molar refractivity (Wildman–Crippen MR) is 81.7 cm³/mol. The largest absolute Gasteiger partial charge is 0.399 e. The van der Waals surface area contributed by atoms with Gasteiger partial charge < -0.3 is 16.4 Å². The van der Waals surface area contributed by atoms with Crippen molar-refractivity contribution in [2.75, 3.05) is 16.4 Å². The molecule has 102 valence electrons. The Morgan fingerprint density at radius 2 is 1.95 bits per heavy atom. The number of fused-ring (bicyclic) bond motifs is 1. The van der Waals surface area contributed by atoms with Crippen molar-refractivity contribution in [2.45, 2.75) is 19.4 Å². The van der Waals surface area contributed by atoms with E-state index in [-0.39, 0.29) is 11.9 Å². The van der Waals surface area contributed by atoms with E-state index in [1.54, 1.807) is 18.2 Å². The fourth-order valence-electron chi connectivity index (χ4n) is 2.78. The Labute approximate surface area is 118 Å². The van der Waals surface area contributed by atoms with Crippen LogP contribution in [0.4, 0.5) is 17.1 Å². The van der Waals surface area contributed by atoms with Crippen LogP contribution in [0.2, 0.25) is 0 Å². The molecule has 4 heteroatoms. The predicted octanol–water partition coefficient (Wildman–Crippen LogP) is 2.44. The van der Waals surface area contributed by atoms with Crippen molar-refractivity contribution < 1.29 is 4.79 Å². The maximum absolute atomic E-state index is 12.8. The van der Waals surface area contributed by atoms with E-state index in [1.807, 2.05) is 30.0 Å². The molecule has 1 aliphatic heterocycles. The van der Waals surface area contributed by atoms with E-state index in [2.05, 4.69) is 6.07 Å². The number of nitrogen functional groups attached to an aromatic ring is 2. The Morgan fingerprint density at radius 3 is 2.70 bits per heavy atom. The van der Waals surface area contributed by atoms with Gasteiger partial charge in [-0.3, -0.25) is 4.79 Å². The van der Waals surface area contributed by atoms with Gasteiger partial charge >= 0.3 is 0 Å². The summed E-state index contributed by atoms with van der Waals surface area (Å²) in [6.45, 7) is 2.05. The molecule has 1 aliphatic rings. The fraction of sp³-hybridized carbons (Fsp3) is 0.188. The number of hydrogen-bond acceptors (Lipinski definition) is 3. The molecule has 4 N–H and O–H groups in total. The molecule has 4 nitrogen and oxygen atoms in total. The summed E-state index contributed by atoms with van der Waals surface area (Å²) in [7, 11) is 0. The van der Waals surface area contributed by atoms with Crippen LogP contribution in [0.5, 0.6) is 0 Å². The van der Waals surface area contributed by atoms with Gasteiger partial charge in [-0.25, -0.2) is 0 Å². The summed E-state index contributed by atoms with van der Waals surface area (Å²) < 4.78 is 0. The number of nitrogens with zero attached hydrogens (tertiary/aromatic N) is 1. The van der Waals surface area contributed by atoms with Crippen molar-refractivity contribution in [3.63, 3.8) is 0 Å². The van der Waals surface area contributed by atoms with Gasteiger partial charge in [-0.05, 0) is 43.2 Å². The second-order valence-electron chi connectivity index (χ2n) is 5.20. The Kier molecular flexibility index (Phi) is 2.86. The molecule has 20 heavy (non-hydrogen) atoms. The molecule has 0 spiro atoms. The molecule has 1 unspecified atom stereocenters. The van der Waals surface area contributed by atoms with Crippen LogP contribution in [0.15, 0.2) is 42.5 Å². The van der Waals surface area contributed by atoms with Crippen molar-refractivity contribution in [2.24, 2.45) is 0 Å². The molecule has 0 fully saturated rings. The van der Waals surface area contributed by atoms with Crippen molar-refractivity contribution >= 4 is 23.0 Å². The van der Waals surface area contributed by atoms with Gasteiger partial charge in [0.05, 0.1) is 5.56 Å². The van der Waals surface area contributed by atoms with E-state index in [4.69, 9.17) is 11.5 Å². The Bertz CT molecular complexity index is 681. The second-order valence-corrected chi connectivity index (χ2v) is 5.20. The number of para-hydroxylation sites is 1. The van der Waals surface area contributed by atoms with Gasteiger partial charge in [0.2, 0.25) is 0 Å².